The predicted molar refractivity (Wildman–Crippen MR) is 85.2 cm³/mol. The van der Waals surface area contributed by atoms with Crippen molar-refractivity contribution >= 4 is 8.80 Å². The fraction of sp³-hybridized carbons (Fsp3) is 0.750. The van der Waals surface area contributed by atoms with E-state index in [1.54, 1.807) is 13.8 Å². The van der Waals surface area contributed by atoms with Crippen LogP contribution in [0.5, 0.6) is 0 Å². The van der Waals surface area contributed by atoms with Gasteiger partial charge in [-0.15, -0.1) is 0 Å². The fourth-order valence-electron chi connectivity index (χ4n) is 2.65. The zero-order valence-electron chi connectivity index (χ0n) is 14.7. The second-order valence-corrected chi connectivity index (χ2v) is 8.86. The molecule has 1 radical (unpaired) electrons. The Kier molecular flexibility index (Phi) is 8.37. The van der Waals surface area contributed by atoms with Crippen LogP contribution < -0.4 is 0 Å². The van der Waals surface area contributed by atoms with Crippen LogP contribution in [-0.4, -0.2) is 39.6 Å². The molecule has 0 heterocycles. The maximum atomic E-state index is 13.0. The molecule has 0 saturated carbocycles. The third-order valence-corrected chi connectivity index (χ3v) is 6.35. The van der Waals surface area contributed by atoms with E-state index in [4.69, 9.17) is 9.47 Å². The maximum absolute atomic E-state index is 13.0. The van der Waals surface area contributed by atoms with Gasteiger partial charge in [-0.25, -0.2) is 0 Å². The predicted octanol–water partition coefficient (Wildman–Crippen LogP) is 4.93. The maximum Gasteiger partial charge on any atom is 0.373 e. The van der Waals surface area contributed by atoms with Gasteiger partial charge in [0.25, 0.3) is 0 Å². The van der Waals surface area contributed by atoms with Crippen LogP contribution in [0.2, 0.25) is 0 Å². The molecule has 0 aromatic rings. The number of hydrogen-bond donors (Lipinski definition) is 0. The topological polar surface area (TPSA) is 38.4 Å². The largest absolute Gasteiger partial charge is 0.373 e. The summed E-state index contributed by atoms with van der Waals surface area (Å²) in [6.07, 6.45) is 2.65. The minimum absolute atomic E-state index is 0.00302. The average molecular weight is 405 g/mol. The highest BCUT2D eigenvalue weighted by atomic mass is 28.3. The van der Waals surface area contributed by atoms with Gasteiger partial charge in [0.1, 0.15) is 0 Å². The first kappa shape index (κ1) is 23.2. The lowest BCUT2D eigenvalue weighted by Gasteiger charge is -2.27. The van der Waals surface area contributed by atoms with Crippen LogP contribution in [0.25, 0.3) is 0 Å². The molecule has 3 nitrogen and oxygen atoms in total. The first-order valence-corrected chi connectivity index (χ1v) is 10.2. The van der Waals surface area contributed by atoms with Crippen molar-refractivity contribution < 1.29 is 40.9 Å². The lowest BCUT2D eigenvalue weighted by molar-refractivity contribution is -0.390. The van der Waals surface area contributed by atoms with Gasteiger partial charge in [0, 0.05) is 6.42 Å². The Morgan fingerprint density at radius 2 is 1.50 bits per heavy atom. The molecule has 0 aliphatic heterocycles. The van der Waals surface area contributed by atoms with Gasteiger partial charge < -0.3 is 9.47 Å². The van der Waals surface area contributed by atoms with E-state index >= 15 is 0 Å². The van der Waals surface area contributed by atoms with Crippen molar-refractivity contribution in [1.29, 1.82) is 0 Å². The Labute approximate surface area is 150 Å². The molecule has 1 aliphatic rings. The molecule has 0 aromatic heterocycles. The van der Waals surface area contributed by atoms with Crippen molar-refractivity contribution in [2.24, 2.45) is 0 Å². The minimum atomic E-state index is -5.32. The summed E-state index contributed by atoms with van der Waals surface area (Å²) < 4.78 is 88.3. The molecule has 0 amide bonds. The first-order valence-electron chi connectivity index (χ1n) is 8.44. The van der Waals surface area contributed by atoms with Crippen LogP contribution >= 0.6 is 0 Å². The summed E-state index contributed by atoms with van der Waals surface area (Å²) in [4.78, 5) is 0. The van der Waals surface area contributed by atoms with E-state index in [0.717, 1.165) is 6.08 Å². The number of rotatable bonds is 10. The van der Waals surface area contributed by atoms with E-state index in [0.29, 0.717) is 12.8 Å². The molecule has 151 valence electrons. The van der Waals surface area contributed by atoms with Gasteiger partial charge >= 0.3 is 26.4 Å². The van der Waals surface area contributed by atoms with E-state index in [-0.39, 0.29) is 38.0 Å². The van der Waals surface area contributed by atoms with E-state index in [2.05, 4.69) is 0 Å². The SMILES string of the molecule is CCCOC([O])(CCC1=C([SiH](C(F)(F)F)C(F)(F)F)C=CC1)OCCC. The van der Waals surface area contributed by atoms with Crippen molar-refractivity contribution in [3.8, 4) is 0 Å². The molecular weight excluding hydrogens is 382 g/mol. The summed E-state index contributed by atoms with van der Waals surface area (Å²) >= 11 is 0. The quantitative estimate of drug-likeness (QED) is 0.294. The minimum Gasteiger partial charge on any atom is -0.326 e. The number of halogens is 6. The molecule has 0 fully saturated rings. The van der Waals surface area contributed by atoms with Crippen LogP contribution in [0.1, 0.15) is 46.0 Å². The third-order valence-electron chi connectivity index (χ3n) is 3.82. The van der Waals surface area contributed by atoms with Crippen LogP contribution in [0, 0.1) is 0 Å². The van der Waals surface area contributed by atoms with E-state index in [9.17, 15) is 31.4 Å². The normalized spacial score (nSPS) is 16.2. The van der Waals surface area contributed by atoms with Crippen molar-refractivity contribution in [1.82, 2.24) is 0 Å². The molecule has 0 spiro atoms. The van der Waals surface area contributed by atoms with E-state index in [1.165, 1.54) is 6.08 Å². The highest BCUT2D eigenvalue weighted by Crippen LogP contribution is 2.40. The lowest BCUT2D eigenvalue weighted by Crippen LogP contribution is -2.49. The summed E-state index contributed by atoms with van der Waals surface area (Å²) in [5.41, 5.74) is -0.00302. The van der Waals surface area contributed by atoms with Crippen LogP contribution in [0.3, 0.4) is 0 Å². The second-order valence-electron chi connectivity index (χ2n) is 6.06. The van der Waals surface area contributed by atoms with E-state index in [1.807, 2.05) is 0 Å². The highest BCUT2D eigenvalue weighted by molar-refractivity contribution is 6.71. The molecule has 0 N–H and O–H groups in total. The van der Waals surface area contributed by atoms with Crippen LogP contribution in [0.15, 0.2) is 22.9 Å². The molecule has 10 heteroatoms. The Hall–Kier alpha value is -0.843. The Balaban J connectivity index is 2.99. The second kappa shape index (κ2) is 9.38. The van der Waals surface area contributed by atoms with Crippen molar-refractivity contribution in [3.63, 3.8) is 0 Å². The van der Waals surface area contributed by atoms with E-state index < -0.39 is 31.6 Å². The number of allylic oxidation sites excluding steroid dienone is 4. The van der Waals surface area contributed by atoms with Crippen molar-refractivity contribution in [3.05, 3.63) is 22.9 Å². The van der Waals surface area contributed by atoms with Crippen molar-refractivity contribution in [2.75, 3.05) is 13.2 Å². The zero-order valence-corrected chi connectivity index (χ0v) is 15.8. The molecular formula is C16H23F6O3Si. The summed E-state index contributed by atoms with van der Waals surface area (Å²) in [6, 6.07) is 0. The molecule has 0 bridgehead atoms. The van der Waals surface area contributed by atoms with Gasteiger partial charge in [-0.3, -0.25) is 0 Å². The van der Waals surface area contributed by atoms with Crippen LogP contribution in [0.4, 0.5) is 26.3 Å². The molecule has 0 atom stereocenters. The zero-order chi connectivity index (χ0) is 20.0. The van der Waals surface area contributed by atoms with Gasteiger partial charge in [0.05, 0.1) is 13.2 Å². The third kappa shape index (κ3) is 6.71. The number of ether oxygens (including phenoxy) is 2. The van der Waals surface area contributed by atoms with Gasteiger partial charge in [0.15, 0.2) is 0 Å². The van der Waals surface area contributed by atoms with Gasteiger partial charge in [0.2, 0.25) is 0 Å². The monoisotopic (exact) mass is 405 g/mol. The summed E-state index contributed by atoms with van der Waals surface area (Å²) in [6.45, 7) is 3.73. The molecule has 26 heavy (non-hydrogen) atoms. The number of alkyl halides is 6. The Morgan fingerprint density at radius 1 is 1.00 bits per heavy atom. The molecule has 1 rings (SSSR count). The highest BCUT2D eigenvalue weighted by Gasteiger charge is 2.61. The van der Waals surface area contributed by atoms with Crippen molar-refractivity contribution in [2.45, 2.75) is 63.5 Å². The summed E-state index contributed by atoms with van der Waals surface area (Å²) in [5, 5.41) is 11.8. The van der Waals surface area contributed by atoms with Gasteiger partial charge in [-0.05, 0) is 30.9 Å². The Bertz CT molecular complexity index is 491. The molecule has 0 saturated heterocycles. The standard InChI is InChI=1S/C16H23F6O3Si/c1-3-10-24-14(23,25-11-4-2)9-8-12-6-5-7-13(12)26(15(17,18)19)16(20,21)22/h5,7,26H,3-4,6,8-11H2,1-2H3. The summed E-state index contributed by atoms with van der Waals surface area (Å²) in [5.74, 6) is -12.9. The lowest BCUT2D eigenvalue weighted by atomic mass is 10.1. The number of hydrogen-bond acceptors (Lipinski definition) is 2. The molecule has 1 aliphatic carbocycles. The smallest absolute Gasteiger partial charge is 0.326 e. The summed E-state index contributed by atoms with van der Waals surface area (Å²) in [7, 11) is -5.24. The average Bonchev–Trinajstić information content (AvgIpc) is 2.94. The van der Waals surface area contributed by atoms with Gasteiger partial charge in [-0.1, -0.05) is 31.6 Å². The Morgan fingerprint density at radius 3 is 1.92 bits per heavy atom. The first-order chi connectivity index (χ1) is 11.9. The fourth-order valence-corrected chi connectivity index (χ4v) is 4.73. The van der Waals surface area contributed by atoms with Crippen LogP contribution in [-0.2, 0) is 14.6 Å². The molecule has 0 aromatic carbocycles. The van der Waals surface area contributed by atoms with Gasteiger partial charge in [-0.2, -0.15) is 31.4 Å². The molecule has 0 unspecified atom stereocenters.